The Kier molecular flexibility index (Phi) is 5.53. The fourth-order valence-corrected chi connectivity index (χ4v) is 5.09. The normalized spacial score (nSPS) is 11.8. The highest BCUT2D eigenvalue weighted by Gasteiger charge is 2.18. The van der Waals surface area contributed by atoms with Gasteiger partial charge in [-0.25, -0.2) is 0 Å². The van der Waals surface area contributed by atoms with Gasteiger partial charge in [-0.2, -0.15) is 0 Å². The van der Waals surface area contributed by atoms with Crippen molar-refractivity contribution >= 4 is 21.8 Å². The first-order chi connectivity index (χ1) is 17.9. The molecule has 5 aromatic carbocycles. The molecule has 0 aliphatic heterocycles. The molecular formula is C35H29NO. The van der Waals surface area contributed by atoms with Crippen molar-refractivity contribution in [1.82, 2.24) is 4.57 Å². The number of fused-ring (bicyclic) bond motifs is 2. The van der Waals surface area contributed by atoms with Crippen LogP contribution in [0.15, 0.2) is 126 Å². The summed E-state index contributed by atoms with van der Waals surface area (Å²) < 4.78 is 2.22. The Balaban J connectivity index is 1.63. The van der Waals surface area contributed by atoms with Crippen LogP contribution in [0.3, 0.4) is 0 Å². The molecule has 0 radical (unpaired) electrons. The minimum Gasteiger partial charge on any atom is -0.309 e. The maximum Gasteiger partial charge on any atom is 0.197 e. The van der Waals surface area contributed by atoms with Crippen molar-refractivity contribution in [3.05, 3.63) is 137 Å². The summed E-state index contributed by atoms with van der Waals surface area (Å²) in [5, 5.41) is 1.48. The van der Waals surface area contributed by atoms with Gasteiger partial charge in [-0.1, -0.05) is 106 Å². The predicted molar refractivity (Wildman–Crippen MR) is 157 cm³/mol. The highest BCUT2D eigenvalue weighted by atomic mass is 16.1. The van der Waals surface area contributed by atoms with E-state index >= 15 is 0 Å². The largest absolute Gasteiger partial charge is 0.309 e. The second-order valence-corrected chi connectivity index (χ2v) is 10.7. The maximum atomic E-state index is 14.0. The molecule has 6 rings (SSSR count). The first-order valence-corrected chi connectivity index (χ1v) is 12.7. The second kappa shape index (κ2) is 8.90. The Labute approximate surface area is 217 Å². The van der Waals surface area contributed by atoms with Crippen LogP contribution in [0.2, 0.25) is 0 Å². The van der Waals surface area contributed by atoms with E-state index in [1.54, 1.807) is 0 Å². The number of benzene rings is 5. The van der Waals surface area contributed by atoms with E-state index in [9.17, 15) is 4.79 Å². The zero-order valence-corrected chi connectivity index (χ0v) is 21.4. The summed E-state index contributed by atoms with van der Waals surface area (Å²) in [5.41, 5.74) is 8.54. The van der Waals surface area contributed by atoms with Crippen molar-refractivity contribution in [2.45, 2.75) is 26.2 Å². The van der Waals surface area contributed by atoms with Crippen molar-refractivity contribution in [3.63, 3.8) is 0 Å². The van der Waals surface area contributed by atoms with Gasteiger partial charge in [0.05, 0.1) is 11.0 Å². The number of rotatable bonds is 3. The van der Waals surface area contributed by atoms with Gasteiger partial charge in [0.2, 0.25) is 0 Å². The minimum absolute atomic E-state index is 0.0519. The molecule has 0 saturated carbocycles. The Morgan fingerprint density at radius 1 is 0.514 bits per heavy atom. The summed E-state index contributed by atoms with van der Waals surface area (Å²) in [6, 6.07) is 41.8. The molecule has 180 valence electrons. The smallest absolute Gasteiger partial charge is 0.197 e. The van der Waals surface area contributed by atoms with E-state index in [1.165, 1.54) is 11.1 Å². The fourth-order valence-electron chi connectivity index (χ4n) is 5.09. The van der Waals surface area contributed by atoms with Gasteiger partial charge in [0.15, 0.2) is 5.43 Å². The molecule has 2 nitrogen and oxygen atoms in total. The minimum atomic E-state index is -0.0519. The lowest BCUT2D eigenvalue weighted by Gasteiger charge is -2.21. The van der Waals surface area contributed by atoms with Crippen molar-refractivity contribution in [1.29, 1.82) is 0 Å². The average molecular weight is 480 g/mol. The fraction of sp³-hybridized carbons (Fsp3) is 0.114. The average Bonchev–Trinajstić information content (AvgIpc) is 2.94. The first kappa shape index (κ1) is 23.0. The Hall–Kier alpha value is -4.43. The number of aromatic nitrogens is 1. The van der Waals surface area contributed by atoms with Crippen LogP contribution in [0.5, 0.6) is 0 Å². The predicted octanol–water partition coefficient (Wildman–Crippen LogP) is 8.78. The van der Waals surface area contributed by atoms with Crippen LogP contribution >= 0.6 is 0 Å². The molecule has 0 atom stereocenters. The van der Waals surface area contributed by atoms with Crippen molar-refractivity contribution in [2.24, 2.45) is 0 Å². The summed E-state index contributed by atoms with van der Waals surface area (Å²) in [4.78, 5) is 14.0. The Bertz CT molecular complexity index is 1790. The molecule has 0 aliphatic carbocycles. The van der Waals surface area contributed by atoms with Gasteiger partial charge in [0.25, 0.3) is 0 Å². The molecule has 0 unspecified atom stereocenters. The molecule has 0 bridgehead atoms. The topological polar surface area (TPSA) is 22.0 Å². The van der Waals surface area contributed by atoms with Gasteiger partial charge in [-0.15, -0.1) is 0 Å². The summed E-state index contributed by atoms with van der Waals surface area (Å²) in [6.07, 6.45) is 0. The summed E-state index contributed by atoms with van der Waals surface area (Å²) in [5.74, 6) is 0. The standard InChI is InChI=1S/C35H29NO/c1-35(2,3)28-17-21-33-31(23-28)34(37)30-22-27(25-12-8-5-9-13-25)16-20-32(30)36(33)29-18-14-26(15-19-29)24-10-6-4-7-11-24/h4-23H,1-3H3. The summed E-state index contributed by atoms with van der Waals surface area (Å²) in [7, 11) is 0. The van der Waals surface area contributed by atoms with E-state index in [4.69, 9.17) is 0 Å². The van der Waals surface area contributed by atoms with Gasteiger partial charge < -0.3 is 4.57 Å². The zero-order valence-electron chi connectivity index (χ0n) is 21.4. The van der Waals surface area contributed by atoms with E-state index in [2.05, 4.69) is 116 Å². The monoisotopic (exact) mass is 479 g/mol. The van der Waals surface area contributed by atoms with Crippen molar-refractivity contribution < 1.29 is 0 Å². The maximum absolute atomic E-state index is 14.0. The second-order valence-electron chi connectivity index (χ2n) is 10.7. The summed E-state index contributed by atoms with van der Waals surface area (Å²) >= 11 is 0. The van der Waals surface area contributed by atoms with Gasteiger partial charge in [-0.05, 0) is 69.6 Å². The van der Waals surface area contributed by atoms with Crippen LogP contribution in [-0.4, -0.2) is 4.57 Å². The molecule has 1 aromatic heterocycles. The number of hydrogen-bond donors (Lipinski definition) is 0. The molecule has 0 amide bonds. The van der Waals surface area contributed by atoms with E-state index < -0.39 is 0 Å². The molecule has 37 heavy (non-hydrogen) atoms. The zero-order chi connectivity index (χ0) is 25.6. The first-order valence-electron chi connectivity index (χ1n) is 12.7. The lowest BCUT2D eigenvalue weighted by atomic mass is 9.86. The van der Waals surface area contributed by atoms with E-state index in [-0.39, 0.29) is 10.8 Å². The molecule has 1 heterocycles. The molecule has 0 spiro atoms. The van der Waals surface area contributed by atoms with Crippen LogP contribution in [0.25, 0.3) is 49.7 Å². The van der Waals surface area contributed by atoms with E-state index in [0.717, 1.165) is 44.2 Å². The van der Waals surface area contributed by atoms with Gasteiger partial charge in [0, 0.05) is 16.5 Å². The number of nitrogens with zero attached hydrogens (tertiary/aromatic N) is 1. The molecule has 0 fully saturated rings. The number of pyridine rings is 1. The van der Waals surface area contributed by atoms with Crippen LogP contribution in [0, 0.1) is 0 Å². The molecule has 2 heteroatoms. The Morgan fingerprint density at radius 3 is 1.59 bits per heavy atom. The molecule has 0 aliphatic rings. The molecule has 0 N–H and O–H groups in total. The lowest BCUT2D eigenvalue weighted by molar-refractivity contribution is 0.591. The van der Waals surface area contributed by atoms with Gasteiger partial charge in [0.1, 0.15) is 0 Å². The highest BCUT2D eigenvalue weighted by molar-refractivity contribution is 5.97. The quantitative estimate of drug-likeness (QED) is 0.233. The van der Waals surface area contributed by atoms with Crippen molar-refractivity contribution in [2.75, 3.05) is 0 Å². The van der Waals surface area contributed by atoms with E-state index in [1.807, 2.05) is 30.3 Å². The molecular weight excluding hydrogens is 450 g/mol. The number of hydrogen-bond acceptors (Lipinski definition) is 1. The van der Waals surface area contributed by atoms with Crippen LogP contribution in [0.1, 0.15) is 26.3 Å². The van der Waals surface area contributed by atoms with Crippen LogP contribution < -0.4 is 5.43 Å². The van der Waals surface area contributed by atoms with Crippen molar-refractivity contribution in [3.8, 4) is 27.9 Å². The van der Waals surface area contributed by atoms with E-state index in [0.29, 0.717) is 0 Å². The Morgan fingerprint density at radius 2 is 1.00 bits per heavy atom. The third kappa shape index (κ3) is 4.15. The van der Waals surface area contributed by atoms with Gasteiger partial charge >= 0.3 is 0 Å². The molecule has 0 saturated heterocycles. The molecule has 6 aromatic rings. The van der Waals surface area contributed by atoms with Crippen LogP contribution in [0.4, 0.5) is 0 Å². The third-order valence-electron chi connectivity index (χ3n) is 7.17. The lowest BCUT2D eigenvalue weighted by Crippen LogP contribution is -2.15. The highest BCUT2D eigenvalue weighted by Crippen LogP contribution is 2.31. The van der Waals surface area contributed by atoms with Gasteiger partial charge in [-0.3, -0.25) is 4.79 Å². The van der Waals surface area contributed by atoms with Crippen LogP contribution in [-0.2, 0) is 5.41 Å². The SMILES string of the molecule is CC(C)(C)c1ccc2c(c1)c(=O)c1cc(-c3ccccc3)ccc1n2-c1ccc(-c2ccccc2)cc1. The summed E-state index contributed by atoms with van der Waals surface area (Å²) in [6.45, 7) is 6.55. The third-order valence-corrected chi connectivity index (χ3v) is 7.17.